The average Bonchev–Trinajstić information content (AvgIpc) is 4.03. The first-order valence-corrected chi connectivity index (χ1v) is 25.4. The Balaban J connectivity index is 0.972. The Morgan fingerprint density at radius 1 is 0.453 bits per heavy atom. The van der Waals surface area contributed by atoms with Gasteiger partial charge in [-0.2, -0.15) is 0 Å². The summed E-state index contributed by atoms with van der Waals surface area (Å²) in [6.07, 6.45) is 12.6. The molecule has 0 bridgehead atoms. The Morgan fingerprint density at radius 2 is 1.08 bits per heavy atom. The first-order chi connectivity index (χ1) is 31.8. The quantitative estimate of drug-likeness (QED) is 0.112. The van der Waals surface area contributed by atoms with E-state index in [-0.39, 0.29) is 5.92 Å². The van der Waals surface area contributed by atoms with Crippen LogP contribution < -0.4 is 20.7 Å². The molecule has 0 N–H and O–H groups in total. The molecule has 2 aliphatic rings. The second kappa shape index (κ2) is 14.9. The van der Waals surface area contributed by atoms with Crippen molar-refractivity contribution in [3.63, 3.8) is 0 Å². The third kappa shape index (κ3) is 5.62. The Bertz CT molecular complexity index is 3590. The minimum Gasteiger partial charge on any atom is -0.310 e. The van der Waals surface area contributed by atoms with Crippen LogP contribution in [-0.4, -0.2) is 17.2 Å². The zero-order valence-electron chi connectivity index (χ0n) is 35.4. The van der Waals surface area contributed by atoms with Gasteiger partial charge in [0, 0.05) is 59.6 Å². The van der Waals surface area contributed by atoms with Crippen LogP contribution in [0.2, 0.25) is 0 Å². The van der Waals surface area contributed by atoms with Crippen molar-refractivity contribution in [3.8, 4) is 11.4 Å². The summed E-state index contributed by atoms with van der Waals surface area (Å²) in [5.41, 5.74) is 11.8. The predicted octanol–water partition coefficient (Wildman–Crippen LogP) is 12.6. The van der Waals surface area contributed by atoms with Crippen molar-refractivity contribution in [1.29, 1.82) is 0 Å². The first-order valence-electron chi connectivity index (χ1n) is 22.6. The first kappa shape index (κ1) is 37.3. The van der Waals surface area contributed by atoms with Crippen LogP contribution in [0.1, 0.15) is 40.4 Å². The third-order valence-corrected chi connectivity index (χ3v) is 20.0. The molecule has 0 aliphatic heterocycles. The highest BCUT2D eigenvalue weighted by Crippen LogP contribution is 2.44. The zero-order valence-corrected chi connectivity index (χ0v) is 37.2. The molecule has 0 radical (unpaired) electrons. The minimum atomic E-state index is -2.85. The number of aromatic nitrogens is 2. The van der Waals surface area contributed by atoms with E-state index in [9.17, 15) is 0 Å². The van der Waals surface area contributed by atoms with Crippen LogP contribution >= 0.6 is 11.3 Å². The minimum absolute atomic E-state index is 0.246. The zero-order chi connectivity index (χ0) is 42.2. The molecule has 0 spiro atoms. The highest BCUT2D eigenvalue weighted by Gasteiger charge is 2.42. The van der Waals surface area contributed by atoms with Gasteiger partial charge in [0.2, 0.25) is 0 Å². The number of fused-ring (bicyclic) bond motifs is 10. The molecule has 0 saturated heterocycles. The van der Waals surface area contributed by atoms with Gasteiger partial charge in [0.05, 0.1) is 11.0 Å². The van der Waals surface area contributed by atoms with E-state index in [1.165, 1.54) is 102 Å². The number of hydrogen-bond acceptors (Lipinski definition) is 1. The fourth-order valence-electron chi connectivity index (χ4n) is 11.4. The summed E-state index contributed by atoms with van der Waals surface area (Å²) in [4.78, 5) is 0. The van der Waals surface area contributed by atoms with Crippen molar-refractivity contribution >= 4 is 94.3 Å². The van der Waals surface area contributed by atoms with Crippen molar-refractivity contribution in [2.24, 2.45) is 0 Å². The van der Waals surface area contributed by atoms with Gasteiger partial charge >= 0.3 is 0 Å². The van der Waals surface area contributed by atoms with Crippen LogP contribution in [0.3, 0.4) is 0 Å². The Kier molecular flexibility index (Phi) is 8.72. The normalized spacial score (nSPS) is 14.7. The van der Waals surface area contributed by atoms with Crippen molar-refractivity contribution in [2.45, 2.75) is 25.2 Å². The monoisotopic (exact) mass is 852 g/mol. The van der Waals surface area contributed by atoms with Crippen LogP contribution in [0.5, 0.6) is 0 Å². The number of thiophene rings is 1. The summed E-state index contributed by atoms with van der Waals surface area (Å²) in [6.45, 7) is 0. The number of aryl methyl sites for hydroxylation is 1. The summed E-state index contributed by atoms with van der Waals surface area (Å²) >= 11 is 1.91. The standard InChI is InChI=1S/C60H44N2SSi/c1-4-18-43(19-5-1)61-53-28-13-10-25-49(53)52-40-42(31-36-55(52)61)41-17-16-24-48(39-41)64(45-20-6-2-7-21-45,46-22-8-3-9-23-46)47-34-32-44(33-35-47)62-54-29-14-11-26-50(54)59-56(62)37-38-58-60(59)51-27-12-15-30-57(51)63-58/h1-10,12-25,27-39,42H,11,26,40H2. The molecule has 3 aromatic heterocycles. The molecular formula is C60H44N2SSi. The fourth-order valence-corrected chi connectivity index (χ4v) is 17.2. The van der Waals surface area contributed by atoms with Gasteiger partial charge in [-0.1, -0.05) is 164 Å². The van der Waals surface area contributed by atoms with Crippen LogP contribution in [0.15, 0.2) is 212 Å². The molecule has 0 fully saturated rings. The lowest BCUT2D eigenvalue weighted by atomic mass is 9.87. The second-order valence-electron chi connectivity index (χ2n) is 17.4. The lowest BCUT2D eigenvalue weighted by molar-refractivity contribution is 0.826. The third-order valence-electron chi connectivity index (χ3n) is 14.1. The van der Waals surface area contributed by atoms with E-state index < -0.39 is 8.07 Å². The Hall–Kier alpha value is -7.24. The van der Waals surface area contributed by atoms with Gasteiger partial charge in [-0.25, -0.2) is 0 Å². The molecule has 1 unspecified atom stereocenters. The molecule has 8 aromatic carbocycles. The molecule has 2 aliphatic carbocycles. The van der Waals surface area contributed by atoms with Gasteiger partial charge in [0.25, 0.3) is 0 Å². The lowest BCUT2D eigenvalue weighted by Crippen LogP contribution is -2.74. The second-order valence-corrected chi connectivity index (χ2v) is 22.3. The summed E-state index contributed by atoms with van der Waals surface area (Å²) in [7, 11) is -2.85. The molecule has 13 rings (SSSR count). The molecule has 2 nitrogen and oxygen atoms in total. The van der Waals surface area contributed by atoms with Crippen LogP contribution in [0.25, 0.3) is 65.5 Å². The number of para-hydroxylation sites is 2. The maximum Gasteiger partial charge on any atom is 0.179 e. The molecule has 4 heteroatoms. The molecule has 0 saturated carbocycles. The average molecular weight is 853 g/mol. The van der Waals surface area contributed by atoms with Crippen molar-refractivity contribution in [1.82, 2.24) is 9.13 Å². The van der Waals surface area contributed by atoms with Crippen molar-refractivity contribution < 1.29 is 0 Å². The van der Waals surface area contributed by atoms with Crippen LogP contribution in [-0.2, 0) is 12.8 Å². The molecule has 3 heterocycles. The maximum absolute atomic E-state index is 2.85. The number of benzene rings is 8. The SMILES string of the molecule is C1=Cc2c(c3c4c(ccc3n2-c2ccc([Si](c3ccccc3)(c3ccccc3)c3cccc(C5C=Cc6c(c7ccccc7n6-c6ccccc6)C5)c3)cc2)sc2ccccc24)CC1. The summed E-state index contributed by atoms with van der Waals surface area (Å²) in [5, 5.41) is 11.1. The van der Waals surface area contributed by atoms with E-state index in [0.717, 1.165) is 19.3 Å². The number of allylic oxidation sites excluding steroid dienone is 2. The predicted molar refractivity (Wildman–Crippen MR) is 276 cm³/mol. The highest BCUT2D eigenvalue weighted by atomic mass is 32.1. The van der Waals surface area contributed by atoms with Gasteiger partial charge in [-0.05, 0) is 117 Å². The Labute approximate surface area is 378 Å². The van der Waals surface area contributed by atoms with E-state index in [4.69, 9.17) is 0 Å². The fraction of sp³-hybridized carbons (Fsp3) is 0.0667. The van der Waals surface area contributed by atoms with Crippen molar-refractivity contribution in [2.75, 3.05) is 0 Å². The van der Waals surface area contributed by atoms with Gasteiger partial charge in [0.15, 0.2) is 8.07 Å². The van der Waals surface area contributed by atoms with E-state index in [1.807, 2.05) is 11.3 Å². The molecule has 1 atom stereocenters. The van der Waals surface area contributed by atoms with E-state index in [0.29, 0.717) is 0 Å². The summed E-state index contributed by atoms with van der Waals surface area (Å²) < 4.78 is 7.69. The van der Waals surface area contributed by atoms with E-state index in [2.05, 4.69) is 234 Å². The largest absolute Gasteiger partial charge is 0.310 e. The number of nitrogens with zero attached hydrogens (tertiary/aromatic N) is 2. The summed E-state index contributed by atoms with van der Waals surface area (Å²) in [6, 6.07) is 75.5. The van der Waals surface area contributed by atoms with E-state index >= 15 is 0 Å². The highest BCUT2D eigenvalue weighted by molar-refractivity contribution is 7.26. The van der Waals surface area contributed by atoms with Crippen LogP contribution in [0, 0.1) is 0 Å². The topological polar surface area (TPSA) is 9.86 Å². The number of rotatable bonds is 7. The van der Waals surface area contributed by atoms with Crippen LogP contribution in [0.4, 0.5) is 0 Å². The molecular weight excluding hydrogens is 809 g/mol. The van der Waals surface area contributed by atoms with Gasteiger partial charge in [-0.15, -0.1) is 11.3 Å². The van der Waals surface area contributed by atoms with Gasteiger partial charge < -0.3 is 9.13 Å². The smallest absolute Gasteiger partial charge is 0.179 e. The molecule has 64 heavy (non-hydrogen) atoms. The molecule has 304 valence electrons. The van der Waals surface area contributed by atoms with Crippen molar-refractivity contribution in [3.05, 3.63) is 240 Å². The maximum atomic E-state index is 2.56. The molecule has 0 amide bonds. The number of hydrogen-bond donors (Lipinski definition) is 0. The van der Waals surface area contributed by atoms with Gasteiger partial charge in [0.1, 0.15) is 0 Å². The van der Waals surface area contributed by atoms with E-state index in [1.54, 1.807) is 0 Å². The Morgan fingerprint density at radius 3 is 1.86 bits per heavy atom. The summed E-state index contributed by atoms with van der Waals surface area (Å²) in [5.74, 6) is 0.246. The van der Waals surface area contributed by atoms with Gasteiger partial charge in [-0.3, -0.25) is 0 Å². The lowest BCUT2D eigenvalue weighted by Gasteiger charge is -2.35. The molecule has 11 aromatic rings.